The van der Waals surface area contributed by atoms with E-state index >= 15 is 0 Å². The molecule has 0 aliphatic carbocycles. The molecular weight excluding hydrogens is 236 g/mol. The van der Waals surface area contributed by atoms with Crippen LogP contribution in [-0.2, 0) is 6.42 Å². The Labute approximate surface area is 115 Å². The van der Waals surface area contributed by atoms with Gasteiger partial charge in [0.2, 0.25) is 0 Å². The Morgan fingerprint density at radius 3 is 2.89 bits per heavy atom. The zero-order valence-corrected chi connectivity index (χ0v) is 12.2. The van der Waals surface area contributed by atoms with Gasteiger partial charge < -0.3 is 10.1 Å². The normalized spacial score (nSPS) is 20.8. The van der Waals surface area contributed by atoms with E-state index in [0.29, 0.717) is 11.5 Å². The van der Waals surface area contributed by atoms with E-state index in [1.54, 1.807) is 0 Å². The molecule has 3 nitrogen and oxygen atoms in total. The molecule has 0 unspecified atom stereocenters. The molecule has 2 aliphatic rings. The van der Waals surface area contributed by atoms with Gasteiger partial charge >= 0.3 is 0 Å². The zero-order valence-electron chi connectivity index (χ0n) is 12.2. The molecular formula is C16H24N2O. The molecule has 3 rings (SSSR count). The molecule has 1 saturated heterocycles. The first-order chi connectivity index (χ1) is 9.07. The van der Waals surface area contributed by atoms with E-state index in [9.17, 15) is 0 Å². The first-order valence-electron chi connectivity index (χ1n) is 7.30. The number of ether oxygens (including phenoxy) is 1. The van der Waals surface area contributed by atoms with Gasteiger partial charge in [0.15, 0.2) is 0 Å². The van der Waals surface area contributed by atoms with Crippen LogP contribution in [0.3, 0.4) is 0 Å². The van der Waals surface area contributed by atoms with Crippen LogP contribution in [0.15, 0.2) is 18.2 Å². The highest BCUT2D eigenvalue weighted by molar-refractivity contribution is 5.61. The van der Waals surface area contributed by atoms with Gasteiger partial charge in [0.25, 0.3) is 0 Å². The second-order valence-electron chi connectivity index (χ2n) is 6.56. The maximum Gasteiger partial charge on any atom is 0.124 e. The average Bonchev–Trinajstić information content (AvgIpc) is 2.81. The molecule has 2 heterocycles. The minimum atomic E-state index is 0.318. The van der Waals surface area contributed by atoms with E-state index in [0.717, 1.165) is 38.4 Å². The monoisotopic (exact) mass is 260 g/mol. The van der Waals surface area contributed by atoms with Gasteiger partial charge in [-0.3, -0.25) is 4.90 Å². The van der Waals surface area contributed by atoms with Crippen molar-refractivity contribution in [3.8, 4) is 5.75 Å². The van der Waals surface area contributed by atoms with E-state index in [4.69, 9.17) is 4.74 Å². The lowest BCUT2D eigenvalue weighted by molar-refractivity contribution is -0.0377. The molecule has 0 bridgehead atoms. The van der Waals surface area contributed by atoms with Crippen LogP contribution >= 0.6 is 0 Å². The van der Waals surface area contributed by atoms with Crippen LogP contribution in [0, 0.1) is 5.41 Å². The van der Waals surface area contributed by atoms with Crippen molar-refractivity contribution < 1.29 is 4.74 Å². The molecule has 0 atom stereocenters. The Hall–Kier alpha value is -1.22. The van der Waals surface area contributed by atoms with Crippen molar-refractivity contribution in [2.24, 2.45) is 5.41 Å². The van der Waals surface area contributed by atoms with Crippen LogP contribution in [0.2, 0.25) is 0 Å². The van der Waals surface area contributed by atoms with Crippen molar-refractivity contribution in [1.29, 1.82) is 0 Å². The number of nitrogens with zero attached hydrogens (tertiary/aromatic N) is 1. The molecule has 0 saturated carbocycles. The summed E-state index contributed by atoms with van der Waals surface area (Å²) in [6, 6.07) is 6.98. The summed E-state index contributed by atoms with van der Waals surface area (Å²) in [7, 11) is 0. The fourth-order valence-corrected chi connectivity index (χ4v) is 3.09. The van der Waals surface area contributed by atoms with Crippen molar-refractivity contribution >= 4 is 5.69 Å². The standard InChI is InChI=1S/C16H24N2O/c1-12(2)18-9-16(3,10-18)11-19-15-6-4-5-14-13(15)7-8-17-14/h4-6,12,17H,7-11H2,1-3H3. The Morgan fingerprint density at radius 2 is 2.16 bits per heavy atom. The lowest BCUT2D eigenvalue weighted by atomic mass is 9.82. The molecule has 2 aliphatic heterocycles. The molecule has 0 amide bonds. The third kappa shape index (κ3) is 2.44. The molecule has 1 aromatic rings. The maximum atomic E-state index is 6.12. The maximum absolute atomic E-state index is 6.12. The van der Waals surface area contributed by atoms with Crippen LogP contribution < -0.4 is 10.1 Å². The molecule has 0 aromatic heterocycles. The largest absolute Gasteiger partial charge is 0.493 e. The number of hydrogen-bond donors (Lipinski definition) is 1. The number of anilines is 1. The second-order valence-corrected chi connectivity index (χ2v) is 6.56. The summed E-state index contributed by atoms with van der Waals surface area (Å²) >= 11 is 0. The number of likely N-dealkylation sites (tertiary alicyclic amines) is 1. The van der Waals surface area contributed by atoms with Gasteiger partial charge in [-0.1, -0.05) is 13.0 Å². The van der Waals surface area contributed by atoms with Crippen molar-refractivity contribution in [1.82, 2.24) is 4.90 Å². The smallest absolute Gasteiger partial charge is 0.124 e. The fraction of sp³-hybridized carbons (Fsp3) is 0.625. The summed E-state index contributed by atoms with van der Waals surface area (Å²) in [5.74, 6) is 1.08. The van der Waals surface area contributed by atoms with Crippen molar-refractivity contribution in [3.05, 3.63) is 23.8 Å². The third-order valence-corrected chi connectivity index (χ3v) is 4.30. The minimum absolute atomic E-state index is 0.318. The first-order valence-corrected chi connectivity index (χ1v) is 7.30. The van der Waals surface area contributed by atoms with Gasteiger partial charge in [-0.2, -0.15) is 0 Å². The molecule has 0 spiro atoms. The van der Waals surface area contributed by atoms with E-state index in [1.165, 1.54) is 11.3 Å². The summed E-state index contributed by atoms with van der Waals surface area (Å²) in [4.78, 5) is 2.50. The van der Waals surface area contributed by atoms with Gasteiger partial charge in [0.05, 0.1) is 6.61 Å². The number of fused-ring (bicyclic) bond motifs is 1. The zero-order chi connectivity index (χ0) is 13.5. The molecule has 3 heteroatoms. The molecule has 1 N–H and O–H groups in total. The second kappa shape index (κ2) is 4.71. The predicted octanol–water partition coefficient (Wildman–Crippen LogP) is 2.76. The highest BCUT2D eigenvalue weighted by Gasteiger charge is 2.40. The number of nitrogens with one attached hydrogen (secondary N) is 1. The van der Waals surface area contributed by atoms with E-state index in [1.807, 2.05) is 0 Å². The summed E-state index contributed by atoms with van der Waals surface area (Å²) < 4.78 is 6.12. The van der Waals surface area contributed by atoms with E-state index in [2.05, 4.69) is 49.2 Å². The average molecular weight is 260 g/mol. The number of rotatable bonds is 4. The van der Waals surface area contributed by atoms with E-state index in [-0.39, 0.29) is 0 Å². The SMILES string of the molecule is CC(C)N1CC(C)(COc2cccc3c2CCN3)C1. The van der Waals surface area contributed by atoms with Crippen molar-refractivity contribution in [2.75, 3.05) is 31.6 Å². The molecule has 0 radical (unpaired) electrons. The molecule has 104 valence electrons. The topological polar surface area (TPSA) is 24.5 Å². The highest BCUT2D eigenvalue weighted by Crippen LogP contribution is 2.35. The minimum Gasteiger partial charge on any atom is -0.493 e. The summed E-state index contributed by atoms with van der Waals surface area (Å²) in [5, 5.41) is 3.40. The van der Waals surface area contributed by atoms with Crippen LogP contribution in [0.1, 0.15) is 26.3 Å². The highest BCUT2D eigenvalue weighted by atomic mass is 16.5. The molecule has 1 aromatic carbocycles. The summed E-state index contributed by atoms with van der Waals surface area (Å²) in [5.41, 5.74) is 2.92. The first kappa shape index (κ1) is 12.8. The Bertz CT molecular complexity index is 464. The summed E-state index contributed by atoms with van der Waals surface area (Å²) in [6.45, 7) is 11.0. The molecule has 19 heavy (non-hydrogen) atoms. The predicted molar refractivity (Wildman–Crippen MR) is 78.9 cm³/mol. The number of hydrogen-bond acceptors (Lipinski definition) is 3. The van der Waals surface area contributed by atoms with Crippen LogP contribution in [0.4, 0.5) is 5.69 Å². The molecule has 1 fully saturated rings. The van der Waals surface area contributed by atoms with Crippen LogP contribution in [-0.4, -0.2) is 37.2 Å². The number of benzene rings is 1. The van der Waals surface area contributed by atoms with Gasteiger partial charge in [-0.25, -0.2) is 0 Å². The quantitative estimate of drug-likeness (QED) is 0.901. The summed E-state index contributed by atoms with van der Waals surface area (Å²) in [6.07, 6.45) is 1.08. The fourth-order valence-electron chi connectivity index (χ4n) is 3.09. The Morgan fingerprint density at radius 1 is 1.37 bits per heavy atom. The third-order valence-electron chi connectivity index (χ3n) is 4.30. The van der Waals surface area contributed by atoms with E-state index < -0.39 is 0 Å². The van der Waals surface area contributed by atoms with Crippen LogP contribution in [0.25, 0.3) is 0 Å². The van der Waals surface area contributed by atoms with Crippen LogP contribution in [0.5, 0.6) is 5.75 Å². The van der Waals surface area contributed by atoms with Gasteiger partial charge in [0, 0.05) is 42.3 Å². The van der Waals surface area contributed by atoms with Crippen molar-refractivity contribution in [2.45, 2.75) is 33.2 Å². The van der Waals surface area contributed by atoms with Gasteiger partial charge in [-0.15, -0.1) is 0 Å². The van der Waals surface area contributed by atoms with Gasteiger partial charge in [-0.05, 0) is 32.4 Å². The Balaban J connectivity index is 1.60. The lowest BCUT2D eigenvalue weighted by Crippen LogP contribution is -2.59. The van der Waals surface area contributed by atoms with Gasteiger partial charge in [0.1, 0.15) is 5.75 Å². The Kier molecular flexibility index (Phi) is 3.17. The lowest BCUT2D eigenvalue weighted by Gasteiger charge is -2.49. The van der Waals surface area contributed by atoms with Crippen molar-refractivity contribution in [3.63, 3.8) is 0 Å².